The first kappa shape index (κ1) is 12.9. The summed E-state index contributed by atoms with van der Waals surface area (Å²) < 4.78 is 0. The number of benzene rings is 1. The predicted octanol–water partition coefficient (Wildman–Crippen LogP) is 2.69. The first-order chi connectivity index (χ1) is 8.76. The summed E-state index contributed by atoms with van der Waals surface area (Å²) in [5, 5.41) is 3.29. The van der Waals surface area contributed by atoms with Crippen LogP contribution in [-0.2, 0) is 0 Å². The molecule has 0 amide bonds. The number of rotatable bonds is 4. The molecule has 94 valence electrons. The fourth-order valence-corrected chi connectivity index (χ4v) is 2.36. The maximum atomic E-state index is 6.01. The van der Waals surface area contributed by atoms with Crippen LogP contribution >= 0.6 is 11.8 Å². The number of nitrogen functional groups attached to an aromatic ring is 1. The number of anilines is 1. The maximum Gasteiger partial charge on any atom is 0.0610 e. The van der Waals surface area contributed by atoms with Gasteiger partial charge in [0.05, 0.1) is 6.04 Å². The minimum Gasteiger partial charge on any atom is -0.398 e. The molecule has 2 aromatic rings. The van der Waals surface area contributed by atoms with Crippen molar-refractivity contribution in [2.75, 3.05) is 19.0 Å². The van der Waals surface area contributed by atoms with E-state index in [9.17, 15) is 0 Å². The molecule has 0 saturated carbocycles. The topological polar surface area (TPSA) is 50.9 Å². The van der Waals surface area contributed by atoms with Gasteiger partial charge in [0.2, 0.25) is 0 Å². The Hall–Kier alpha value is -1.52. The van der Waals surface area contributed by atoms with Gasteiger partial charge in [0.15, 0.2) is 0 Å². The third-order valence-electron chi connectivity index (χ3n) is 2.94. The van der Waals surface area contributed by atoms with Crippen molar-refractivity contribution >= 4 is 17.4 Å². The molecule has 18 heavy (non-hydrogen) atoms. The largest absolute Gasteiger partial charge is 0.398 e. The van der Waals surface area contributed by atoms with Gasteiger partial charge < -0.3 is 11.1 Å². The smallest absolute Gasteiger partial charge is 0.0610 e. The summed E-state index contributed by atoms with van der Waals surface area (Å²) in [5.74, 6) is 0. The van der Waals surface area contributed by atoms with Gasteiger partial charge in [-0.1, -0.05) is 12.1 Å². The third kappa shape index (κ3) is 2.66. The monoisotopic (exact) mass is 259 g/mol. The number of nitrogens with one attached hydrogen (secondary N) is 1. The number of pyridine rings is 1. The van der Waals surface area contributed by atoms with Gasteiger partial charge in [-0.2, -0.15) is 0 Å². The van der Waals surface area contributed by atoms with E-state index >= 15 is 0 Å². The highest BCUT2D eigenvalue weighted by molar-refractivity contribution is 7.98. The zero-order valence-corrected chi connectivity index (χ0v) is 11.4. The molecule has 1 aromatic heterocycles. The lowest BCUT2D eigenvalue weighted by Crippen LogP contribution is -2.19. The van der Waals surface area contributed by atoms with E-state index in [-0.39, 0.29) is 6.04 Å². The van der Waals surface area contributed by atoms with Crippen LogP contribution in [0.3, 0.4) is 0 Å². The molecule has 3 N–H and O–H groups in total. The molecule has 0 saturated heterocycles. The molecule has 0 fully saturated rings. The second-order valence-corrected chi connectivity index (χ2v) is 4.88. The van der Waals surface area contributed by atoms with Gasteiger partial charge in [-0.05, 0) is 37.1 Å². The quantitative estimate of drug-likeness (QED) is 0.829. The number of hydrogen-bond donors (Lipinski definition) is 2. The van der Waals surface area contributed by atoms with E-state index in [1.807, 2.05) is 19.3 Å². The lowest BCUT2D eigenvalue weighted by atomic mass is 9.99. The van der Waals surface area contributed by atoms with Crippen LogP contribution in [-0.4, -0.2) is 18.3 Å². The zero-order valence-electron chi connectivity index (χ0n) is 10.6. The van der Waals surface area contributed by atoms with E-state index in [1.54, 1.807) is 18.0 Å². The summed E-state index contributed by atoms with van der Waals surface area (Å²) in [6.45, 7) is 0. The Morgan fingerprint density at radius 3 is 2.50 bits per heavy atom. The van der Waals surface area contributed by atoms with Crippen molar-refractivity contribution < 1.29 is 0 Å². The van der Waals surface area contributed by atoms with E-state index in [1.165, 1.54) is 10.5 Å². The average molecular weight is 259 g/mol. The zero-order chi connectivity index (χ0) is 13.0. The highest BCUT2D eigenvalue weighted by Crippen LogP contribution is 2.27. The molecule has 3 nitrogen and oxygen atoms in total. The molecule has 4 heteroatoms. The summed E-state index contributed by atoms with van der Waals surface area (Å²) in [7, 11) is 1.93. The van der Waals surface area contributed by atoms with Crippen molar-refractivity contribution in [3.63, 3.8) is 0 Å². The molecule has 2 rings (SSSR count). The Morgan fingerprint density at radius 1 is 1.22 bits per heavy atom. The van der Waals surface area contributed by atoms with Crippen LogP contribution in [0.25, 0.3) is 0 Å². The van der Waals surface area contributed by atoms with Crippen LogP contribution < -0.4 is 11.1 Å². The van der Waals surface area contributed by atoms with Crippen molar-refractivity contribution in [3.8, 4) is 0 Å². The van der Waals surface area contributed by atoms with Crippen LogP contribution in [0.1, 0.15) is 17.2 Å². The van der Waals surface area contributed by atoms with Crippen LogP contribution in [0.2, 0.25) is 0 Å². The Labute approximate surface area is 112 Å². The molecule has 1 aromatic carbocycles. The van der Waals surface area contributed by atoms with Crippen LogP contribution in [0.4, 0.5) is 5.69 Å². The molecular formula is C14H17N3S. The van der Waals surface area contributed by atoms with Crippen LogP contribution in [0, 0.1) is 0 Å². The Morgan fingerprint density at radius 2 is 1.94 bits per heavy atom. The number of hydrogen-bond acceptors (Lipinski definition) is 4. The number of nitrogens with two attached hydrogens (primary N) is 1. The Bertz CT molecular complexity index is 511. The molecule has 1 heterocycles. The SMILES string of the molecule is CNC(c1ccc(SC)cc1)c1cnccc1N. The van der Waals surface area contributed by atoms with Crippen molar-refractivity contribution in [2.24, 2.45) is 0 Å². The molecule has 1 atom stereocenters. The van der Waals surface area contributed by atoms with Gasteiger partial charge in [-0.15, -0.1) is 11.8 Å². The minimum absolute atomic E-state index is 0.0783. The second kappa shape index (κ2) is 5.89. The lowest BCUT2D eigenvalue weighted by molar-refractivity contribution is 0.690. The average Bonchev–Trinajstić information content (AvgIpc) is 2.42. The summed E-state index contributed by atoms with van der Waals surface area (Å²) in [6.07, 6.45) is 5.60. The molecular weight excluding hydrogens is 242 g/mol. The highest BCUT2D eigenvalue weighted by Gasteiger charge is 2.14. The molecule has 0 radical (unpaired) electrons. The van der Waals surface area contributed by atoms with Crippen molar-refractivity contribution in [2.45, 2.75) is 10.9 Å². The number of thioether (sulfide) groups is 1. The van der Waals surface area contributed by atoms with Crippen LogP contribution in [0.15, 0.2) is 47.6 Å². The Kier molecular flexibility index (Phi) is 4.23. The third-order valence-corrected chi connectivity index (χ3v) is 3.68. The van der Waals surface area contributed by atoms with Gasteiger partial charge in [-0.3, -0.25) is 4.98 Å². The van der Waals surface area contributed by atoms with E-state index in [2.05, 4.69) is 40.8 Å². The first-order valence-corrected chi connectivity index (χ1v) is 6.99. The predicted molar refractivity (Wildman–Crippen MR) is 77.8 cm³/mol. The molecule has 0 aliphatic rings. The fraction of sp³-hybridized carbons (Fsp3) is 0.214. The summed E-state index contributed by atoms with van der Waals surface area (Å²) in [6, 6.07) is 10.4. The fourth-order valence-electron chi connectivity index (χ4n) is 1.96. The number of aromatic nitrogens is 1. The lowest BCUT2D eigenvalue weighted by Gasteiger charge is -2.18. The van der Waals surface area contributed by atoms with Gasteiger partial charge in [0.25, 0.3) is 0 Å². The minimum atomic E-state index is 0.0783. The molecule has 0 bridgehead atoms. The summed E-state index contributed by atoms with van der Waals surface area (Å²) in [5.41, 5.74) is 8.97. The van der Waals surface area contributed by atoms with E-state index in [0.29, 0.717) is 0 Å². The van der Waals surface area contributed by atoms with Gasteiger partial charge in [0.1, 0.15) is 0 Å². The maximum absolute atomic E-state index is 6.01. The normalized spacial score (nSPS) is 12.3. The van der Waals surface area contributed by atoms with Crippen molar-refractivity contribution in [3.05, 3.63) is 53.9 Å². The van der Waals surface area contributed by atoms with E-state index in [0.717, 1.165) is 11.3 Å². The van der Waals surface area contributed by atoms with Crippen molar-refractivity contribution in [1.82, 2.24) is 10.3 Å². The number of nitrogens with zero attached hydrogens (tertiary/aromatic N) is 1. The summed E-state index contributed by atoms with van der Waals surface area (Å²) in [4.78, 5) is 5.41. The Balaban J connectivity index is 2.36. The van der Waals surface area contributed by atoms with Crippen LogP contribution in [0.5, 0.6) is 0 Å². The van der Waals surface area contributed by atoms with Crippen molar-refractivity contribution in [1.29, 1.82) is 0 Å². The molecule has 0 aliphatic heterocycles. The van der Waals surface area contributed by atoms with Gasteiger partial charge in [-0.25, -0.2) is 0 Å². The standard InChI is InChI=1S/C14H17N3S/c1-16-14(12-9-17-8-7-13(12)15)10-3-5-11(18-2)6-4-10/h3-9,14,16H,1-2H3,(H2,15,17). The second-order valence-electron chi connectivity index (χ2n) is 4.00. The van der Waals surface area contributed by atoms with E-state index < -0.39 is 0 Å². The van der Waals surface area contributed by atoms with Gasteiger partial charge in [0, 0.05) is 28.5 Å². The molecule has 0 spiro atoms. The first-order valence-electron chi connectivity index (χ1n) is 5.77. The van der Waals surface area contributed by atoms with Gasteiger partial charge >= 0.3 is 0 Å². The summed E-state index contributed by atoms with van der Waals surface area (Å²) >= 11 is 1.74. The molecule has 0 aliphatic carbocycles. The van der Waals surface area contributed by atoms with E-state index in [4.69, 9.17) is 5.73 Å². The highest BCUT2D eigenvalue weighted by atomic mass is 32.2. The molecule has 1 unspecified atom stereocenters.